The maximum atomic E-state index is 9.89. The van der Waals surface area contributed by atoms with Crippen molar-refractivity contribution in [1.29, 1.82) is 5.26 Å². The molecule has 0 radical (unpaired) electrons. The van der Waals surface area contributed by atoms with Crippen LogP contribution in [-0.4, -0.2) is 4.98 Å². The number of unbranched alkanes of at least 4 members (excludes halogenated alkanes) is 4. The minimum Gasteiger partial charge on any atom is -0.311 e. The molecular weight excluding hydrogens is 603 g/mol. The molecule has 6 rings (SSSR count). The van der Waals surface area contributed by atoms with E-state index in [1.165, 1.54) is 49.0 Å². The van der Waals surface area contributed by atoms with E-state index in [-0.39, 0.29) is 0 Å². The number of anilines is 3. The van der Waals surface area contributed by atoms with E-state index in [4.69, 9.17) is 4.98 Å². The normalized spacial score (nSPS) is 11.7. The Kier molecular flexibility index (Phi) is 10.4. The highest BCUT2D eigenvalue weighted by molar-refractivity contribution is 7.29. The van der Waals surface area contributed by atoms with Gasteiger partial charge in [-0.25, -0.2) is 4.98 Å². The predicted molar refractivity (Wildman–Crippen MR) is 195 cm³/mol. The molecule has 46 heavy (non-hydrogen) atoms. The van der Waals surface area contributed by atoms with Crippen LogP contribution in [0.3, 0.4) is 0 Å². The van der Waals surface area contributed by atoms with Crippen LogP contribution in [0.15, 0.2) is 125 Å². The lowest BCUT2D eigenvalue weighted by atomic mass is 10.0. The molecule has 0 atom stereocenters. The van der Waals surface area contributed by atoms with Gasteiger partial charge in [-0.2, -0.15) is 5.26 Å². The summed E-state index contributed by atoms with van der Waals surface area (Å²) >= 11 is 3.07. The van der Waals surface area contributed by atoms with E-state index in [0.29, 0.717) is 10.7 Å². The van der Waals surface area contributed by atoms with E-state index in [1.807, 2.05) is 54.6 Å². The SMILES string of the molecule is CCCCCCCc1ccc(/C(C#N)=C/c2cc3sc(/N=N/c4ccc(N(c5ccccc5)c5ccccc5)cc4)nc3s2)cc1. The van der Waals surface area contributed by atoms with Crippen molar-refractivity contribution in [3.63, 3.8) is 0 Å². The van der Waals surface area contributed by atoms with Crippen molar-refractivity contribution >= 4 is 71.7 Å². The van der Waals surface area contributed by atoms with Gasteiger partial charge in [0.2, 0.25) is 5.13 Å². The maximum absolute atomic E-state index is 9.89. The van der Waals surface area contributed by atoms with Crippen molar-refractivity contribution in [2.24, 2.45) is 10.2 Å². The Balaban J connectivity index is 1.12. The number of rotatable bonds is 13. The lowest BCUT2D eigenvalue weighted by Crippen LogP contribution is -2.09. The van der Waals surface area contributed by atoms with Gasteiger partial charge in [0.1, 0.15) is 4.83 Å². The summed E-state index contributed by atoms with van der Waals surface area (Å²) in [6.07, 6.45) is 9.44. The van der Waals surface area contributed by atoms with Crippen LogP contribution in [0.4, 0.5) is 27.9 Å². The van der Waals surface area contributed by atoms with Crippen LogP contribution in [0.5, 0.6) is 0 Å². The first-order valence-electron chi connectivity index (χ1n) is 15.7. The number of benzene rings is 4. The standard InChI is InChI=1S/C39H35N5S2/c1-2-3-4-5-8-13-29-18-20-30(21-19-29)31(28-40)26-36-27-37-38(45-36)41-39(46-37)43-42-32-22-24-35(25-23-32)44(33-14-9-6-10-15-33)34-16-11-7-12-17-34/h6-7,9-12,14-27H,2-5,8,13H2,1H3/b31-26+,43-42+. The molecule has 0 saturated heterocycles. The molecule has 0 fully saturated rings. The molecule has 0 N–H and O–H groups in total. The summed E-state index contributed by atoms with van der Waals surface area (Å²) in [6.45, 7) is 2.24. The number of para-hydroxylation sites is 2. The first kappa shape index (κ1) is 31.1. The van der Waals surface area contributed by atoms with Gasteiger partial charge in [-0.1, -0.05) is 105 Å². The van der Waals surface area contributed by atoms with Crippen LogP contribution in [0.1, 0.15) is 55.0 Å². The first-order chi connectivity index (χ1) is 22.7. The Morgan fingerprint density at radius 2 is 1.41 bits per heavy atom. The molecule has 0 spiro atoms. The highest BCUT2D eigenvalue weighted by Gasteiger charge is 2.12. The average molecular weight is 638 g/mol. The van der Waals surface area contributed by atoms with E-state index in [2.05, 4.69) is 94.9 Å². The van der Waals surface area contributed by atoms with Gasteiger partial charge in [-0.15, -0.1) is 21.6 Å². The summed E-state index contributed by atoms with van der Waals surface area (Å²) in [5.41, 5.74) is 6.90. The molecular formula is C39H35N5S2. The van der Waals surface area contributed by atoms with Gasteiger partial charge in [-0.05, 0) is 84.6 Å². The molecule has 0 aliphatic carbocycles. The molecule has 7 heteroatoms. The van der Waals surface area contributed by atoms with Crippen molar-refractivity contribution in [1.82, 2.24) is 4.98 Å². The number of thiazole rings is 1. The zero-order chi connectivity index (χ0) is 31.6. The van der Waals surface area contributed by atoms with Gasteiger partial charge >= 0.3 is 0 Å². The summed E-state index contributed by atoms with van der Waals surface area (Å²) in [5.74, 6) is 0. The van der Waals surface area contributed by atoms with Crippen LogP contribution >= 0.6 is 22.7 Å². The Hall–Kier alpha value is -4.90. The van der Waals surface area contributed by atoms with Crippen molar-refractivity contribution in [3.8, 4) is 6.07 Å². The molecule has 0 bridgehead atoms. The second-order valence-corrected chi connectivity index (χ2v) is 13.1. The lowest BCUT2D eigenvalue weighted by molar-refractivity contribution is 0.632. The van der Waals surface area contributed by atoms with E-state index in [9.17, 15) is 5.26 Å². The monoisotopic (exact) mass is 637 g/mol. The Morgan fingerprint density at radius 3 is 2.04 bits per heavy atom. The molecule has 4 aromatic carbocycles. The minimum absolute atomic E-state index is 0.613. The summed E-state index contributed by atoms with van der Waals surface area (Å²) in [4.78, 5) is 8.81. The topological polar surface area (TPSA) is 64.6 Å². The van der Waals surface area contributed by atoms with Crippen molar-refractivity contribution < 1.29 is 0 Å². The van der Waals surface area contributed by atoms with E-state index < -0.39 is 0 Å². The number of hydrogen-bond donors (Lipinski definition) is 0. The number of thiophene rings is 1. The Labute approximate surface area is 278 Å². The molecule has 0 aliphatic rings. The highest BCUT2D eigenvalue weighted by atomic mass is 32.1. The van der Waals surface area contributed by atoms with Gasteiger partial charge in [-0.3, -0.25) is 0 Å². The second kappa shape index (κ2) is 15.4. The number of allylic oxidation sites excluding steroid dienone is 1. The zero-order valence-corrected chi connectivity index (χ0v) is 27.5. The number of fused-ring (bicyclic) bond motifs is 1. The molecule has 6 aromatic rings. The fourth-order valence-corrected chi connectivity index (χ4v) is 7.32. The molecule has 0 amide bonds. The fourth-order valence-electron chi connectivity index (χ4n) is 5.33. The number of hydrogen-bond acceptors (Lipinski definition) is 7. The van der Waals surface area contributed by atoms with E-state index in [1.54, 1.807) is 11.3 Å². The predicted octanol–water partition coefficient (Wildman–Crippen LogP) is 12.8. The molecule has 2 aromatic heterocycles. The minimum atomic E-state index is 0.613. The largest absolute Gasteiger partial charge is 0.311 e. The fraction of sp³-hybridized carbons (Fsp3) is 0.179. The summed E-state index contributed by atoms with van der Waals surface area (Å²) in [5, 5.41) is 19.4. The smallest absolute Gasteiger partial charge is 0.231 e. The van der Waals surface area contributed by atoms with Gasteiger partial charge < -0.3 is 4.90 Å². The van der Waals surface area contributed by atoms with Crippen molar-refractivity contribution in [2.75, 3.05) is 4.90 Å². The number of nitrogens with zero attached hydrogens (tertiary/aromatic N) is 5. The third-order valence-corrected chi connectivity index (χ3v) is 9.72. The van der Waals surface area contributed by atoms with E-state index >= 15 is 0 Å². The van der Waals surface area contributed by atoms with Crippen LogP contribution in [0.2, 0.25) is 0 Å². The zero-order valence-electron chi connectivity index (χ0n) is 25.8. The third kappa shape index (κ3) is 7.84. The van der Waals surface area contributed by atoms with E-state index in [0.717, 1.165) is 49.1 Å². The molecule has 228 valence electrons. The average Bonchev–Trinajstić information content (AvgIpc) is 3.67. The number of aromatic nitrogens is 1. The molecule has 0 saturated carbocycles. The summed E-state index contributed by atoms with van der Waals surface area (Å²) < 4.78 is 1.04. The lowest BCUT2D eigenvalue weighted by Gasteiger charge is -2.25. The number of azo groups is 1. The van der Waals surface area contributed by atoms with Gasteiger partial charge in [0.25, 0.3) is 0 Å². The molecule has 0 aliphatic heterocycles. The second-order valence-electron chi connectivity index (χ2n) is 11.1. The molecule has 5 nitrogen and oxygen atoms in total. The van der Waals surface area contributed by atoms with Gasteiger partial charge in [0.05, 0.1) is 22.0 Å². The van der Waals surface area contributed by atoms with Crippen LogP contribution < -0.4 is 4.90 Å². The van der Waals surface area contributed by atoms with Crippen LogP contribution in [-0.2, 0) is 6.42 Å². The highest BCUT2D eigenvalue weighted by Crippen LogP contribution is 2.38. The Bertz CT molecular complexity index is 1880. The first-order valence-corrected chi connectivity index (χ1v) is 17.4. The van der Waals surface area contributed by atoms with Crippen LogP contribution in [0.25, 0.3) is 21.2 Å². The van der Waals surface area contributed by atoms with Crippen LogP contribution in [0, 0.1) is 11.3 Å². The number of aryl methyl sites for hydroxylation is 1. The third-order valence-electron chi connectivity index (χ3n) is 7.73. The van der Waals surface area contributed by atoms with Gasteiger partial charge in [0, 0.05) is 21.9 Å². The van der Waals surface area contributed by atoms with Crippen molar-refractivity contribution in [2.45, 2.75) is 45.4 Å². The Morgan fingerprint density at radius 1 is 0.761 bits per heavy atom. The molecule has 2 heterocycles. The molecule has 0 unspecified atom stereocenters. The number of nitriles is 1. The van der Waals surface area contributed by atoms with Crippen molar-refractivity contribution in [3.05, 3.63) is 131 Å². The summed E-state index contributed by atoms with van der Waals surface area (Å²) in [6, 6.07) is 41.6. The maximum Gasteiger partial charge on any atom is 0.231 e. The quantitative estimate of drug-likeness (QED) is 0.0719. The summed E-state index contributed by atoms with van der Waals surface area (Å²) in [7, 11) is 0. The van der Waals surface area contributed by atoms with Gasteiger partial charge in [0.15, 0.2) is 0 Å².